The Labute approximate surface area is 111 Å². The molecule has 1 amide bonds. The van der Waals surface area contributed by atoms with E-state index < -0.39 is 0 Å². The maximum atomic E-state index is 12.1. The van der Waals surface area contributed by atoms with Crippen molar-refractivity contribution < 1.29 is 4.79 Å². The Morgan fingerprint density at radius 3 is 2.61 bits per heavy atom. The lowest BCUT2D eigenvalue weighted by Crippen LogP contribution is -2.35. The van der Waals surface area contributed by atoms with E-state index in [1.165, 1.54) is 12.8 Å². The molecule has 3 atom stereocenters. The third-order valence-electron chi connectivity index (χ3n) is 5.10. The van der Waals surface area contributed by atoms with E-state index in [2.05, 4.69) is 38.2 Å². The number of carbonyl (C=O) groups excluding carboxylic acids is 1. The number of hydrogen-bond donors (Lipinski definition) is 1. The highest BCUT2D eigenvalue weighted by molar-refractivity contribution is 5.76. The second kappa shape index (κ2) is 5.46. The summed E-state index contributed by atoms with van der Waals surface area (Å²) in [5, 5.41) is 3.13. The molecule has 102 valence electrons. The highest BCUT2D eigenvalue weighted by atomic mass is 16.1. The topological polar surface area (TPSA) is 29.1 Å². The molecule has 2 rings (SSSR count). The first-order valence-corrected chi connectivity index (χ1v) is 7.52. The van der Waals surface area contributed by atoms with Crippen molar-refractivity contribution in [3.05, 3.63) is 12.2 Å². The maximum Gasteiger partial charge on any atom is 0.220 e. The molecular weight excluding hydrogens is 222 g/mol. The molecular formula is C16H27NO. The number of nitrogens with one attached hydrogen (secondary N) is 1. The van der Waals surface area contributed by atoms with Crippen LogP contribution in [0.1, 0.15) is 52.9 Å². The van der Waals surface area contributed by atoms with Gasteiger partial charge in [0, 0.05) is 13.0 Å². The van der Waals surface area contributed by atoms with Crippen molar-refractivity contribution >= 4 is 5.91 Å². The number of hydrogen-bond acceptors (Lipinski definition) is 1. The molecule has 0 aromatic carbocycles. The molecule has 0 aromatic rings. The molecule has 0 heterocycles. The van der Waals surface area contributed by atoms with Crippen molar-refractivity contribution in [3.8, 4) is 0 Å². The van der Waals surface area contributed by atoms with Gasteiger partial charge in [-0.05, 0) is 36.0 Å². The Morgan fingerprint density at radius 1 is 1.39 bits per heavy atom. The van der Waals surface area contributed by atoms with Crippen LogP contribution in [0.25, 0.3) is 0 Å². The van der Waals surface area contributed by atoms with Crippen LogP contribution in [0.4, 0.5) is 0 Å². The van der Waals surface area contributed by atoms with Gasteiger partial charge < -0.3 is 5.32 Å². The van der Waals surface area contributed by atoms with Crippen LogP contribution in [0.3, 0.4) is 0 Å². The Balaban J connectivity index is 1.79. The molecule has 2 aliphatic carbocycles. The van der Waals surface area contributed by atoms with E-state index in [0.29, 0.717) is 18.3 Å². The van der Waals surface area contributed by atoms with E-state index in [9.17, 15) is 4.79 Å². The van der Waals surface area contributed by atoms with Crippen LogP contribution in [0.2, 0.25) is 0 Å². The standard InChI is InChI=1S/C16H27NO/c1-4-12(5-2)11-17-15(18)10-16(3)9-13-6-7-14(16)8-13/h6-7,12-14H,4-5,8-11H2,1-3H3,(H,17,18). The largest absolute Gasteiger partial charge is 0.356 e. The monoisotopic (exact) mass is 249 g/mol. The molecule has 1 fully saturated rings. The van der Waals surface area contributed by atoms with Crippen molar-refractivity contribution in [3.63, 3.8) is 0 Å². The zero-order valence-electron chi connectivity index (χ0n) is 12.0. The Hall–Kier alpha value is -0.790. The molecule has 0 aromatic heterocycles. The van der Waals surface area contributed by atoms with Gasteiger partial charge in [-0.2, -0.15) is 0 Å². The van der Waals surface area contributed by atoms with Gasteiger partial charge in [0.2, 0.25) is 5.91 Å². The summed E-state index contributed by atoms with van der Waals surface area (Å²) in [5.74, 6) is 2.28. The quantitative estimate of drug-likeness (QED) is 0.717. The molecule has 2 heteroatoms. The van der Waals surface area contributed by atoms with Crippen molar-refractivity contribution in [1.82, 2.24) is 5.32 Å². The predicted octanol–water partition coefficient (Wildman–Crippen LogP) is 3.53. The van der Waals surface area contributed by atoms with Gasteiger partial charge in [0.1, 0.15) is 0 Å². The first kappa shape index (κ1) is 13.6. The van der Waals surface area contributed by atoms with Gasteiger partial charge in [-0.1, -0.05) is 45.8 Å². The molecule has 0 radical (unpaired) electrons. The summed E-state index contributed by atoms with van der Waals surface area (Å²) in [6.45, 7) is 7.54. The lowest BCUT2D eigenvalue weighted by Gasteiger charge is -2.31. The summed E-state index contributed by atoms with van der Waals surface area (Å²) in [4.78, 5) is 12.1. The lowest BCUT2D eigenvalue weighted by atomic mass is 9.75. The summed E-state index contributed by atoms with van der Waals surface area (Å²) in [6, 6.07) is 0. The van der Waals surface area contributed by atoms with Crippen LogP contribution in [0.15, 0.2) is 12.2 Å². The smallest absolute Gasteiger partial charge is 0.220 e. The molecule has 18 heavy (non-hydrogen) atoms. The van der Waals surface area contributed by atoms with Crippen molar-refractivity contribution in [2.24, 2.45) is 23.2 Å². The molecule has 2 nitrogen and oxygen atoms in total. The number of allylic oxidation sites excluding steroid dienone is 2. The number of carbonyl (C=O) groups is 1. The highest BCUT2D eigenvalue weighted by Gasteiger charge is 2.45. The predicted molar refractivity (Wildman–Crippen MR) is 75.2 cm³/mol. The van der Waals surface area contributed by atoms with Crippen molar-refractivity contribution in [2.45, 2.75) is 52.9 Å². The number of amides is 1. The molecule has 0 saturated heterocycles. The van der Waals surface area contributed by atoms with E-state index in [4.69, 9.17) is 0 Å². The fourth-order valence-electron chi connectivity index (χ4n) is 3.66. The SMILES string of the molecule is CCC(CC)CNC(=O)CC1(C)CC2C=CC1C2. The molecule has 3 unspecified atom stereocenters. The summed E-state index contributed by atoms with van der Waals surface area (Å²) in [7, 11) is 0. The summed E-state index contributed by atoms with van der Waals surface area (Å²) in [6.07, 6.45) is 10.2. The minimum Gasteiger partial charge on any atom is -0.356 e. The third kappa shape index (κ3) is 2.78. The van der Waals surface area contributed by atoms with E-state index in [-0.39, 0.29) is 11.3 Å². The molecule has 1 N–H and O–H groups in total. The van der Waals surface area contributed by atoms with Gasteiger partial charge in [0.05, 0.1) is 0 Å². The van der Waals surface area contributed by atoms with Crippen LogP contribution in [0.5, 0.6) is 0 Å². The zero-order valence-corrected chi connectivity index (χ0v) is 12.0. The van der Waals surface area contributed by atoms with E-state index in [1.54, 1.807) is 0 Å². The fraction of sp³-hybridized carbons (Fsp3) is 0.812. The average molecular weight is 249 g/mol. The minimum absolute atomic E-state index is 0.220. The third-order valence-corrected chi connectivity index (χ3v) is 5.10. The molecule has 0 aliphatic heterocycles. The van der Waals surface area contributed by atoms with Gasteiger partial charge in [-0.15, -0.1) is 0 Å². The van der Waals surface area contributed by atoms with Crippen LogP contribution >= 0.6 is 0 Å². The Kier molecular flexibility index (Phi) is 4.14. The summed E-state index contributed by atoms with van der Waals surface area (Å²) >= 11 is 0. The molecule has 1 saturated carbocycles. The second-order valence-electron chi connectivity index (χ2n) is 6.51. The maximum absolute atomic E-state index is 12.1. The van der Waals surface area contributed by atoms with Gasteiger partial charge >= 0.3 is 0 Å². The van der Waals surface area contributed by atoms with E-state index in [0.717, 1.165) is 25.3 Å². The second-order valence-corrected chi connectivity index (χ2v) is 6.51. The van der Waals surface area contributed by atoms with Crippen LogP contribution < -0.4 is 5.32 Å². The molecule has 2 bridgehead atoms. The number of fused-ring (bicyclic) bond motifs is 2. The average Bonchev–Trinajstić information content (AvgIpc) is 2.89. The van der Waals surface area contributed by atoms with Gasteiger partial charge in [-0.25, -0.2) is 0 Å². The van der Waals surface area contributed by atoms with Crippen LogP contribution in [-0.4, -0.2) is 12.5 Å². The van der Waals surface area contributed by atoms with Crippen LogP contribution in [-0.2, 0) is 4.79 Å². The first-order valence-electron chi connectivity index (χ1n) is 7.52. The highest BCUT2D eigenvalue weighted by Crippen LogP contribution is 2.53. The Bertz CT molecular complexity index is 332. The Morgan fingerprint density at radius 2 is 2.11 bits per heavy atom. The van der Waals surface area contributed by atoms with Crippen LogP contribution in [0, 0.1) is 23.2 Å². The van der Waals surface area contributed by atoms with Gasteiger partial charge in [0.25, 0.3) is 0 Å². The minimum atomic E-state index is 0.220. The van der Waals surface area contributed by atoms with Crippen molar-refractivity contribution in [2.75, 3.05) is 6.54 Å². The summed E-state index contributed by atoms with van der Waals surface area (Å²) in [5.41, 5.74) is 0.220. The number of rotatable bonds is 6. The fourth-order valence-corrected chi connectivity index (χ4v) is 3.66. The summed E-state index contributed by atoms with van der Waals surface area (Å²) < 4.78 is 0. The van der Waals surface area contributed by atoms with Gasteiger partial charge in [0.15, 0.2) is 0 Å². The molecule has 2 aliphatic rings. The van der Waals surface area contributed by atoms with E-state index in [1.807, 2.05) is 0 Å². The lowest BCUT2D eigenvalue weighted by molar-refractivity contribution is -0.123. The van der Waals surface area contributed by atoms with Crippen molar-refractivity contribution in [1.29, 1.82) is 0 Å². The first-order chi connectivity index (χ1) is 8.57. The van der Waals surface area contributed by atoms with E-state index >= 15 is 0 Å². The van der Waals surface area contributed by atoms with Gasteiger partial charge in [-0.3, -0.25) is 4.79 Å². The zero-order chi connectivity index (χ0) is 13.2. The normalized spacial score (nSPS) is 33.3. The molecule has 0 spiro atoms.